The number of carbonyl (C=O) groups excluding carboxylic acids is 1. The number of allylic oxidation sites excluding steroid dienone is 1. The number of carbonyl (C=O) groups is 1. The fraction of sp³-hybridized carbons (Fsp3) is 0.125. The number of nitrogens with one attached hydrogen (secondary N) is 1. The third-order valence-corrected chi connectivity index (χ3v) is 8.02. The van der Waals surface area contributed by atoms with E-state index in [1.165, 1.54) is 22.7 Å². The first-order valence-electron chi connectivity index (χ1n) is 9.99. The van der Waals surface area contributed by atoms with E-state index in [0.717, 1.165) is 21.0 Å². The summed E-state index contributed by atoms with van der Waals surface area (Å²) < 4.78 is 2.27. The largest absolute Gasteiger partial charge is 0.322 e. The lowest BCUT2D eigenvalue weighted by atomic mass is 10.0. The van der Waals surface area contributed by atoms with Gasteiger partial charge in [-0.15, -0.1) is 22.7 Å². The van der Waals surface area contributed by atoms with Crippen molar-refractivity contribution in [1.82, 2.24) is 4.57 Å². The summed E-state index contributed by atoms with van der Waals surface area (Å²) in [5, 5.41) is 6.97. The van der Waals surface area contributed by atoms with Crippen LogP contribution in [0.5, 0.6) is 0 Å². The van der Waals surface area contributed by atoms with Crippen LogP contribution in [-0.2, 0) is 4.79 Å². The number of para-hydroxylation sites is 1. The molecule has 0 bridgehead atoms. The molecule has 4 aromatic rings. The highest BCUT2D eigenvalue weighted by Gasteiger charge is 2.33. The summed E-state index contributed by atoms with van der Waals surface area (Å²) in [7, 11) is 0. The maximum atomic E-state index is 13.5. The van der Waals surface area contributed by atoms with Gasteiger partial charge in [-0.2, -0.15) is 0 Å². The molecule has 0 aliphatic carbocycles. The van der Waals surface area contributed by atoms with Crippen molar-refractivity contribution in [3.05, 3.63) is 106 Å². The van der Waals surface area contributed by atoms with Crippen LogP contribution in [0.4, 0.5) is 5.69 Å². The molecule has 5 rings (SSSR count). The molecule has 1 amide bonds. The molecular formula is C24H19N3O2S3. The second kappa shape index (κ2) is 8.46. The number of benzene rings is 1. The maximum Gasteiger partial charge on any atom is 0.271 e. The number of thiophene rings is 2. The Morgan fingerprint density at radius 1 is 1.06 bits per heavy atom. The van der Waals surface area contributed by atoms with Crippen LogP contribution < -0.4 is 20.2 Å². The molecule has 1 N–H and O–H groups in total. The predicted molar refractivity (Wildman–Crippen MR) is 132 cm³/mol. The summed E-state index contributed by atoms with van der Waals surface area (Å²) in [4.78, 5) is 34.2. The van der Waals surface area contributed by atoms with Crippen LogP contribution in [0, 0.1) is 6.92 Å². The van der Waals surface area contributed by atoms with Crippen LogP contribution in [-0.4, -0.2) is 10.5 Å². The molecule has 4 heterocycles. The summed E-state index contributed by atoms with van der Waals surface area (Å²) in [6, 6.07) is 15.0. The van der Waals surface area contributed by atoms with Gasteiger partial charge >= 0.3 is 0 Å². The Hall–Kier alpha value is -3.07. The van der Waals surface area contributed by atoms with Crippen LogP contribution >= 0.6 is 34.0 Å². The van der Waals surface area contributed by atoms with Crippen molar-refractivity contribution in [3.8, 4) is 0 Å². The molecule has 1 aromatic carbocycles. The van der Waals surface area contributed by atoms with Crippen LogP contribution in [0.2, 0.25) is 0 Å². The number of hydrogen-bond donors (Lipinski definition) is 1. The highest BCUT2D eigenvalue weighted by Crippen LogP contribution is 2.33. The van der Waals surface area contributed by atoms with Gasteiger partial charge in [0.05, 0.1) is 15.8 Å². The minimum absolute atomic E-state index is 0.130. The Morgan fingerprint density at radius 3 is 2.56 bits per heavy atom. The van der Waals surface area contributed by atoms with E-state index in [-0.39, 0.29) is 11.5 Å². The predicted octanol–water partition coefficient (Wildman–Crippen LogP) is 4.31. The number of rotatable bonds is 4. The van der Waals surface area contributed by atoms with Crippen LogP contribution in [0.1, 0.15) is 28.3 Å². The summed E-state index contributed by atoms with van der Waals surface area (Å²) in [5.41, 5.74) is 2.71. The topological polar surface area (TPSA) is 63.5 Å². The number of thiazole rings is 1. The number of nitrogens with zero attached hydrogens (tertiary/aromatic N) is 2. The molecular weight excluding hydrogens is 458 g/mol. The van der Waals surface area contributed by atoms with E-state index in [2.05, 4.69) is 10.3 Å². The second-order valence-corrected chi connectivity index (χ2v) is 10.3. The van der Waals surface area contributed by atoms with Gasteiger partial charge in [0.15, 0.2) is 4.80 Å². The number of aryl methyl sites for hydroxylation is 1. The quantitative estimate of drug-likeness (QED) is 0.476. The molecule has 8 heteroatoms. The van der Waals surface area contributed by atoms with Gasteiger partial charge in [-0.3, -0.25) is 14.2 Å². The molecule has 0 radical (unpaired) electrons. The third kappa shape index (κ3) is 3.70. The monoisotopic (exact) mass is 477 g/mol. The molecule has 0 spiro atoms. The zero-order chi connectivity index (χ0) is 22.2. The van der Waals surface area contributed by atoms with Crippen molar-refractivity contribution >= 4 is 51.7 Å². The van der Waals surface area contributed by atoms with E-state index in [1.54, 1.807) is 15.9 Å². The Kier molecular flexibility index (Phi) is 5.50. The van der Waals surface area contributed by atoms with Crippen molar-refractivity contribution < 1.29 is 4.79 Å². The average Bonchev–Trinajstić information content (AvgIpc) is 3.52. The Morgan fingerprint density at radius 2 is 1.84 bits per heavy atom. The van der Waals surface area contributed by atoms with Crippen molar-refractivity contribution in [2.75, 3.05) is 5.32 Å². The molecule has 5 nitrogen and oxygen atoms in total. The van der Waals surface area contributed by atoms with Gasteiger partial charge in [-0.25, -0.2) is 4.99 Å². The Labute approximate surface area is 196 Å². The molecule has 1 atom stereocenters. The fourth-order valence-corrected chi connectivity index (χ4v) is 6.33. The van der Waals surface area contributed by atoms with Gasteiger partial charge in [0.2, 0.25) is 0 Å². The van der Waals surface area contributed by atoms with Gasteiger partial charge in [0.1, 0.15) is 6.04 Å². The van der Waals surface area contributed by atoms with Crippen molar-refractivity contribution in [3.63, 3.8) is 0 Å². The minimum Gasteiger partial charge on any atom is -0.322 e. The first-order chi connectivity index (χ1) is 15.5. The van der Waals surface area contributed by atoms with E-state index in [9.17, 15) is 9.59 Å². The number of hydrogen-bond acceptors (Lipinski definition) is 6. The van der Waals surface area contributed by atoms with Gasteiger partial charge in [-0.05, 0) is 54.4 Å². The van der Waals surface area contributed by atoms with Crippen molar-refractivity contribution in [2.45, 2.75) is 19.9 Å². The first kappa shape index (κ1) is 20.8. The molecule has 1 aliphatic rings. The van der Waals surface area contributed by atoms with E-state index in [1.807, 2.05) is 79.2 Å². The molecule has 3 aromatic heterocycles. The summed E-state index contributed by atoms with van der Waals surface area (Å²) in [5.74, 6) is -0.244. The lowest BCUT2D eigenvalue weighted by Gasteiger charge is -2.24. The summed E-state index contributed by atoms with van der Waals surface area (Å²) >= 11 is 4.47. The van der Waals surface area contributed by atoms with Crippen LogP contribution in [0.15, 0.2) is 80.3 Å². The molecule has 32 heavy (non-hydrogen) atoms. The lowest BCUT2D eigenvalue weighted by molar-refractivity contribution is -0.113. The van der Waals surface area contributed by atoms with Gasteiger partial charge in [0.25, 0.3) is 11.5 Å². The highest BCUT2D eigenvalue weighted by atomic mass is 32.1. The van der Waals surface area contributed by atoms with E-state index in [0.29, 0.717) is 20.6 Å². The summed E-state index contributed by atoms with van der Waals surface area (Å²) in [6.07, 6.45) is 1.90. The normalized spacial score (nSPS) is 16.1. The fourth-order valence-electron chi connectivity index (χ4n) is 3.73. The third-order valence-electron chi connectivity index (χ3n) is 5.29. The Bertz CT molecular complexity index is 1510. The zero-order valence-corrected chi connectivity index (χ0v) is 19.8. The standard InChI is InChI=1S/C24H19N3O2S3/c1-14-7-3-4-9-17(14)26-22(28)20-15(2)25-24-27(21(20)18-10-6-12-31-18)23(29)19(32-24)13-16-8-5-11-30-16/h3-13,21H,1-2H3,(H,26,28)/b19-13+. The zero-order valence-electron chi connectivity index (χ0n) is 17.4. The summed E-state index contributed by atoms with van der Waals surface area (Å²) in [6.45, 7) is 3.79. The SMILES string of the molecule is CC1=C(C(=O)Nc2ccccc2C)C(c2cccs2)n2c(s/c(=C/c3cccs3)c2=O)=N1. The number of aromatic nitrogens is 1. The van der Waals surface area contributed by atoms with Gasteiger partial charge < -0.3 is 5.32 Å². The van der Waals surface area contributed by atoms with Crippen molar-refractivity contribution in [2.24, 2.45) is 4.99 Å². The van der Waals surface area contributed by atoms with Crippen LogP contribution in [0.25, 0.3) is 6.08 Å². The minimum atomic E-state index is -0.513. The lowest BCUT2D eigenvalue weighted by Crippen LogP contribution is -2.40. The molecule has 0 saturated heterocycles. The highest BCUT2D eigenvalue weighted by molar-refractivity contribution is 7.11. The van der Waals surface area contributed by atoms with Crippen molar-refractivity contribution in [1.29, 1.82) is 0 Å². The van der Waals surface area contributed by atoms with Gasteiger partial charge in [-0.1, -0.05) is 41.7 Å². The maximum absolute atomic E-state index is 13.5. The number of amides is 1. The Balaban J connectivity index is 1.66. The smallest absolute Gasteiger partial charge is 0.271 e. The molecule has 0 saturated carbocycles. The van der Waals surface area contributed by atoms with Crippen LogP contribution in [0.3, 0.4) is 0 Å². The first-order valence-corrected chi connectivity index (χ1v) is 12.6. The molecule has 160 valence electrons. The molecule has 0 fully saturated rings. The van der Waals surface area contributed by atoms with E-state index in [4.69, 9.17) is 0 Å². The van der Waals surface area contributed by atoms with E-state index >= 15 is 0 Å². The number of anilines is 1. The second-order valence-electron chi connectivity index (χ2n) is 7.38. The number of fused-ring (bicyclic) bond motifs is 1. The van der Waals surface area contributed by atoms with E-state index < -0.39 is 6.04 Å². The average molecular weight is 478 g/mol. The molecule has 1 aliphatic heterocycles. The molecule has 1 unspecified atom stereocenters. The van der Waals surface area contributed by atoms with Gasteiger partial charge in [0, 0.05) is 15.4 Å².